The van der Waals surface area contributed by atoms with Crippen molar-refractivity contribution < 1.29 is 0 Å². The molecule has 1 heterocycles. The molecule has 76 valence electrons. The lowest BCUT2D eigenvalue weighted by Gasteiger charge is -2.23. The van der Waals surface area contributed by atoms with Gasteiger partial charge in [-0.2, -0.15) is 0 Å². The van der Waals surface area contributed by atoms with Crippen molar-refractivity contribution in [2.75, 3.05) is 11.4 Å². The summed E-state index contributed by atoms with van der Waals surface area (Å²) in [7, 11) is 0. The number of alkyl halides is 1. The lowest BCUT2D eigenvalue weighted by molar-refractivity contribution is 0.735. The van der Waals surface area contributed by atoms with Crippen molar-refractivity contribution in [3.63, 3.8) is 0 Å². The molecule has 1 aromatic carbocycles. The highest BCUT2D eigenvalue weighted by molar-refractivity contribution is 6.17. The minimum Gasteiger partial charge on any atom is -0.369 e. The molecule has 1 aliphatic heterocycles. The highest BCUT2D eigenvalue weighted by Gasteiger charge is 2.19. The molecular weight excluding hydrogens is 194 g/mol. The first-order valence-electron chi connectivity index (χ1n) is 5.23. The molecule has 1 saturated heterocycles. The predicted octanol–water partition coefficient (Wildman–Crippen LogP) is 3.41. The topological polar surface area (TPSA) is 3.24 Å². The molecule has 0 spiro atoms. The van der Waals surface area contributed by atoms with Crippen molar-refractivity contribution >= 4 is 17.3 Å². The van der Waals surface area contributed by atoms with Crippen LogP contribution in [0, 0.1) is 0 Å². The van der Waals surface area contributed by atoms with Gasteiger partial charge in [0.25, 0.3) is 0 Å². The van der Waals surface area contributed by atoms with Crippen LogP contribution in [-0.4, -0.2) is 12.6 Å². The molecule has 0 bridgehead atoms. The number of hydrogen-bond donors (Lipinski definition) is 0. The molecule has 1 atom stereocenters. The van der Waals surface area contributed by atoms with Gasteiger partial charge in [0.2, 0.25) is 0 Å². The summed E-state index contributed by atoms with van der Waals surface area (Å²) in [4.78, 5) is 2.47. The Balaban J connectivity index is 2.16. The number of anilines is 1. The molecule has 2 rings (SSSR count). The van der Waals surface area contributed by atoms with Crippen molar-refractivity contribution in [1.29, 1.82) is 0 Å². The van der Waals surface area contributed by atoms with Crippen molar-refractivity contribution in [1.82, 2.24) is 0 Å². The fraction of sp³-hybridized carbons (Fsp3) is 0.500. The molecule has 0 N–H and O–H groups in total. The molecule has 0 aromatic heterocycles. The van der Waals surface area contributed by atoms with Crippen molar-refractivity contribution in [2.45, 2.75) is 31.7 Å². The summed E-state index contributed by atoms with van der Waals surface area (Å²) in [6.45, 7) is 3.49. The highest BCUT2D eigenvalue weighted by atomic mass is 35.5. The summed E-state index contributed by atoms with van der Waals surface area (Å²) in [5.41, 5.74) is 2.53. The lowest BCUT2D eigenvalue weighted by Crippen LogP contribution is -2.25. The van der Waals surface area contributed by atoms with Crippen molar-refractivity contribution in [3.8, 4) is 0 Å². The summed E-state index contributed by atoms with van der Waals surface area (Å²) in [5.74, 6) is 0.607. The average molecular weight is 210 g/mol. The zero-order valence-corrected chi connectivity index (χ0v) is 9.30. The zero-order chi connectivity index (χ0) is 9.97. The number of nitrogens with zero attached hydrogens (tertiary/aromatic N) is 1. The van der Waals surface area contributed by atoms with E-state index >= 15 is 0 Å². The van der Waals surface area contributed by atoms with Gasteiger partial charge in [0.15, 0.2) is 0 Å². The third kappa shape index (κ3) is 1.88. The average Bonchev–Trinajstić information content (AvgIpc) is 2.65. The predicted molar refractivity (Wildman–Crippen MR) is 62.0 cm³/mol. The van der Waals surface area contributed by atoms with Crippen LogP contribution in [0.15, 0.2) is 24.3 Å². The Morgan fingerprint density at radius 3 is 2.57 bits per heavy atom. The SMILES string of the molecule is CC1CCCN1c1ccc(CCl)cc1. The fourth-order valence-electron chi connectivity index (χ4n) is 2.09. The van der Waals surface area contributed by atoms with Gasteiger partial charge in [-0.15, -0.1) is 11.6 Å². The lowest BCUT2D eigenvalue weighted by atomic mass is 10.2. The van der Waals surface area contributed by atoms with Gasteiger partial charge in [0, 0.05) is 24.2 Å². The van der Waals surface area contributed by atoms with Gasteiger partial charge in [0.05, 0.1) is 0 Å². The van der Waals surface area contributed by atoms with E-state index in [9.17, 15) is 0 Å². The van der Waals surface area contributed by atoms with Gasteiger partial charge in [-0.25, -0.2) is 0 Å². The van der Waals surface area contributed by atoms with Gasteiger partial charge < -0.3 is 4.90 Å². The van der Waals surface area contributed by atoms with E-state index in [1.807, 2.05) is 0 Å². The largest absolute Gasteiger partial charge is 0.369 e. The molecule has 1 nitrogen and oxygen atoms in total. The van der Waals surface area contributed by atoms with Gasteiger partial charge >= 0.3 is 0 Å². The van der Waals surface area contributed by atoms with Crippen LogP contribution in [0.25, 0.3) is 0 Å². The second-order valence-electron chi connectivity index (χ2n) is 3.98. The quantitative estimate of drug-likeness (QED) is 0.675. The standard InChI is InChI=1S/C12H16ClN/c1-10-3-2-8-14(10)12-6-4-11(9-13)5-7-12/h4-7,10H,2-3,8-9H2,1H3. The molecule has 14 heavy (non-hydrogen) atoms. The maximum Gasteiger partial charge on any atom is 0.0474 e. The number of hydrogen-bond acceptors (Lipinski definition) is 1. The number of benzene rings is 1. The third-order valence-corrected chi connectivity index (χ3v) is 3.28. The number of rotatable bonds is 2. The molecule has 2 heteroatoms. The molecule has 0 aliphatic carbocycles. The van der Waals surface area contributed by atoms with Crippen LogP contribution in [0.3, 0.4) is 0 Å². The van der Waals surface area contributed by atoms with Crippen LogP contribution < -0.4 is 4.90 Å². The zero-order valence-electron chi connectivity index (χ0n) is 8.54. The van der Waals surface area contributed by atoms with E-state index in [1.165, 1.54) is 30.6 Å². The summed E-state index contributed by atoms with van der Waals surface area (Å²) >= 11 is 5.75. The van der Waals surface area contributed by atoms with Crippen LogP contribution in [-0.2, 0) is 5.88 Å². The van der Waals surface area contributed by atoms with Crippen LogP contribution in [0.5, 0.6) is 0 Å². The maximum absolute atomic E-state index is 5.75. The first-order chi connectivity index (χ1) is 6.81. The highest BCUT2D eigenvalue weighted by Crippen LogP contribution is 2.25. The van der Waals surface area contributed by atoms with Crippen LogP contribution in [0.2, 0.25) is 0 Å². The van der Waals surface area contributed by atoms with E-state index in [0.29, 0.717) is 11.9 Å². The Kier molecular flexibility index (Phi) is 2.97. The summed E-state index contributed by atoms with van der Waals surface area (Å²) < 4.78 is 0. The van der Waals surface area contributed by atoms with Crippen LogP contribution >= 0.6 is 11.6 Å². The van der Waals surface area contributed by atoms with E-state index in [0.717, 1.165) is 0 Å². The van der Waals surface area contributed by atoms with Gasteiger partial charge in [-0.05, 0) is 37.5 Å². The van der Waals surface area contributed by atoms with E-state index in [4.69, 9.17) is 11.6 Å². The van der Waals surface area contributed by atoms with E-state index in [2.05, 4.69) is 36.1 Å². The van der Waals surface area contributed by atoms with E-state index < -0.39 is 0 Å². The van der Waals surface area contributed by atoms with E-state index in [-0.39, 0.29) is 0 Å². The molecule has 1 aliphatic rings. The molecule has 1 unspecified atom stereocenters. The minimum absolute atomic E-state index is 0.607. The van der Waals surface area contributed by atoms with Crippen molar-refractivity contribution in [2.24, 2.45) is 0 Å². The Labute approximate surface area is 90.7 Å². The monoisotopic (exact) mass is 209 g/mol. The second kappa shape index (κ2) is 4.22. The number of halogens is 1. The summed E-state index contributed by atoms with van der Waals surface area (Å²) in [6, 6.07) is 9.29. The van der Waals surface area contributed by atoms with E-state index in [1.54, 1.807) is 0 Å². The van der Waals surface area contributed by atoms with Gasteiger partial charge in [-0.1, -0.05) is 12.1 Å². The molecule has 0 radical (unpaired) electrons. The third-order valence-electron chi connectivity index (χ3n) is 2.98. The van der Waals surface area contributed by atoms with Crippen LogP contribution in [0.1, 0.15) is 25.3 Å². The van der Waals surface area contributed by atoms with Crippen molar-refractivity contribution in [3.05, 3.63) is 29.8 Å². The molecule has 0 amide bonds. The van der Waals surface area contributed by atoms with Gasteiger partial charge in [0.1, 0.15) is 0 Å². The molecular formula is C12H16ClN. The smallest absolute Gasteiger partial charge is 0.0474 e. The maximum atomic E-state index is 5.75. The summed E-state index contributed by atoms with van der Waals surface area (Å²) in [6.07, 6.45) is 2.63. The molecule has 1 fully saturated rings. The molecule has 0 saturated carbocycles. The Hall–Kier alpha value is -0.690. The Morgan fingerprint density at radius 2 is 2.07 bits per heavy atom. The van der Waals surface area contributed by atoms with Gasteiger partial charge in [-0.3, -0.25) is 0 Å². The minimum atomic E-state index is 0.607. The Morgan fingerprint density at radius 1 is 1.36 bits per heavy atom. The summed E-state index contributed by atoms with van der Waals surface area (Å²) in [5, 5.41) is 0. The normalized spacial score (nSPS) is 21.6. The second-order valence-corrected chi connectivity index (χ2v) is 4.25. The molecule has 1 aromatic rings. The first-order valence-corrected chi connectivity index (χ1v) is 5.76. The Bertz CT molecular complexity index is 294. The fourth-order valence-corrected chi connectivity index (χ4v) is 2.27. The first kappa shape index (κ1) is 9.85. The van der Waals surface area contributed by atoms with Crippen LogP contribution in [0.4, 0.5) is 5.69 Å².